The largest absolute Gasteiger partial charge is 0.396 e. The molecule has 4 heteroatoms. The molecule has 0 unspecified atom stereocenters. The summed E-state index contributed by atoms with van der Waals surface area (Å²) >= 11 is 0. The predicted octanol–water partition coefficient (Wildman–Crippen LogP) is 2.38. The van der Waals surface area contributed by atoms with Gasteiger partial charge < -0.3 is 10.4 Å². The zero-order valence-electron chi connectivity index (χ0n) is 12.1. The monoisotopic (exact) mass is 279 g/mol. The van der Waals surface area contributed by atoms with Crippen molar-refractivity contribution in [2.45, 2.75) is 38.5 Å². The number of amides is 1. The maximum absolute atomic E-state index is 14.0. The number of halogens is 1. The Labute approximate surface area is 119 Å². The Bertz CT molecular complexity index is 495. The molecule has 0 radical (unpaired) electrons. The highest BCUT2D eigenvalue weighted by Crippen LogP contribution is 2.44. The molecule has 1 aromatic rings. The summed E-state index contributed by atoms with van der Waals surface area (Å²) in [5.41, 5.74) is -0.599. The standard InChI is InChI=1S/C16H22FNO2/c1-15(2,11-19)10-18-14(20)16(8-5-9-16)12-6-3-4-7-13(12)17/h3-4,6-7,19H,5,8-11H2,1-2H3,(H,18,20). The Balaban J connectivity index is 2.16. The Hall–Kier alpha value is -1.42. The highest BCUT2D eigenvalue weighted by atomic mass is 19.1. The van der Waals surface area contributed by atoms with Gasteiger partial charge in [-0.05, 0) is 18.9 Å². The summed E-state index contributed by atoms with van der Waals surface area (Å²) in [6, 6.07) is 6.51. The van der Waals surface area contributed by atoms with Crippen molar-refractivity contribution in [3.63, 3.8) is 0 Å². The van der Waals surface area contributed by atoms with Gasteiger partial charge >= 0.3 is 0 Å². The molecular weight excluding hydrogens is 257 g/mol. The van der Waals surface area contributed by atoms with E-state index in [1.165, 1.54) is 6.07 Å². The number of carbonyl (C=O) groups excluding carboxylic acids is 1. The number of hydrogen-bond donors (Lipinski definition) is 2. The van der Waals surface area contributed by atoms with E-state index in [1.807, 2.05) is 13.8 Å². The van der Waals surface area contributed by atoms with Gasteiger partial charge in [-0.1, -0.05) is 38.5 Å². The van der Waals surface area contributed by atoms with Gasteiger partial charge in [-0.25, -0.2) is 4.39 Å². The van der Waals surface area contributed by atoms with Crippen LogP contribution in [0.3, 0.4) is 0 Å². The van der Waals surface area contributed by atoms with Crippen LogP contribution in [0.25, 0.3) is 0 Å². The second kappa shape index (κ2) is 5.52. The molecule has 0 aliphatic heterocycles. The van der Waals surface area contributed by atoms with Gasteiger partial charge in [-0.2, -0.15) is 0 Å². The van der Waals surface area contributed by atoms with Gasteiger partial charge in [0, 0.05) is 24.1 Å². The van der Waals surface area contributed by atoms with E-state index in [0.717, 1.165) is 6.42 Å². The number of aliphatic hydroxyl groups excluding tert-OH is 1. The molecule has 0 saturated heterocycles. The highest BCUT2D eigenvalue weighted by Gasteiger charge is 2.47. The van der Waals surface area contributed by atoms with E-state index in [1.54, 1.807) is 18.2 Å². The van der Waals surface area contributed by atoms with E-state index >= 15 is 0 Å². The molecule has 2 rings (SSSR count). The van der Waals surface area contributed by atoms with Crippen LogP contribution in [0.15, 0.2) is 24.3 Å². The number of rotatable bonds is 5. The lowest BCUT2D eigenvalue weighted by atomic mass is 9.63. The van der Waals surface area contributed by atoms with Crippen molar-refractivity contribution in [3.8, 4) is 0 Å². The molecule has 1 amide bonds. The summed E-state index contributed by atoms with van der Waals surface area (Å²) in [6.45, 7) is 4.15. The molecule has 1 aliphatic rings. The maximum Gasteiger partial charge on any atom is 0.230 e. The Morgan fingerprint density at radius 1 is 1.40 bits per heavy atom. The number of aliphatic hydroxyl groups is 1. The first-order valence-corrected chi connectivity index (χ1v) is 7.05. The average Bonchev–Trinajstić information content (AvgIpc) is 2.37. The van der Waals surface area contributed by atoms with Gasteiger partial charge in [0.25, 0.3) is 0 Å². The molecule has 0 spiro atoms. The molecule has 1 aromatic carbocycles. The second-order valence-corrected chi connectivity index (χ2v) is 6.42. The van der Waals surface area contributed by atoms with Gasteiger partial charge in [-0.15, -0.1) is 0 Å². The quantitative estimate of drug-likeness (QED) is 0.869. The number of hydrogen-bond acceptors (Lipinski definition) is 2. The van der Waals surface area contributed by atoms with E-state index in [4.69, 9.17) is 0 Å². The van der Waals surface area contributed by atoms with Crippen molar-refractivity contribution >= 4 is 5.91 Å². The third-order valence-electron chi connectivity index (χ3n) is 4.19. The highest BCUT2D eigenvalue weighted by molar-refractivity contribution is 5.89. The van der Waals surface area contributed by atoms with Crippen LogP contribution in [-0.4, -0.2) is 24.2 Å². The van der Waals surface area contributed by atoms with Crippen molar-refractivity contribution < 1.29 is 14.3 Å². The smallest absolute Gasteiger partial charge is 0.230 e. The lowest BCUT2D eigenvalue weighted by molar-refractivity contribution is -0.130. The molecule has 110 valence electrons. The van der Waals surface area contributed by atoms with Crippen LogP contribution in [0.2, 0.25) is 0 Å². The molecule has 2 N–H and O–H groups in total. The summed E-state index contributed by atoms with van der Waals surface area (Å²) in [5.74, 6) is -0.445. The van der Waals surface area contributed by atoms with E-state index in [0.29, 0.717) is 24.9 Å². The van der Waals surface area contributed by atoms with E-state index in [2.05, 4.69) is 5.32 Å². The summed E-state index contributed by atoms with van der Waals surface area (Å²) in [4.78, 5) is 12.5. The van der Waals surface area contributed by atoms with Crippen LogP contribution in [0, 0.1) is 11.2 Å². The topological polar surface area (TPSA) is 49.3 Å². The van der Waals surface area contributed by atoms with E-state index < -0.39 is 5.41 Å². The van der Waals surface area contributed by atoms with Crippen molar-refractivity contribution in [2.75, 3.05) is 13.2 Å². The molecule has 3 nitrogen and oxygen atoms in total. The molecule has 1 aliphatic carbocycles. The third kappa shape index (κ3) is 2.70. The molecule has 0 aromatic heterocycles. The lowest BCUT2D eigenvalue weighted by Crippen LogP contribution is -2.51. The maximum atomic E-state index is 14.0. The normalized spacial score (nSPS) is 17.4. The zero-order valence-corrected chi connectivity index (χ0v) is 12.1. The van der Waals surface area contributed by atoms with Gasteiger partial charge in [0.15, 0.2) is 0 Å². The SMILES string of the molecule is CC(C)(CO)CNC(=O)C1(c2ccccc2F)CCC1. The molecule has 20 heavy (non-hydrogen) atoms. The van der Waals surface area contributed by atoms with Gasteiger partial charge in [0.1, 0.15) is 5.82 Å². The van der Waals surface area contributed by atoms with E-state index in [9.17, 15) is 14.3 Å². The molecule has 1 fully saturated rings. The van der Waals surface area contributed by atoms with Gasteiger partial charge in [0.05, 0.1) is 5.41 Å². The van der Waals surface area contributed by atoms with Gasteiger partial charge in [0.2, 0.25) is 5.91 Å². The minimum Gasteiger partial charge on any atom is -0.396 e. The third-order valence-corrected chi connectivity index (χ3v) is 4.19. The Kier molecular flexibility index (Phi) is 4.14. The molecule has 0 atom stereocenters. The second-order valence-electron chi connectivity index (χ2n) is 6.42. The summed E-state index contributed by atoms with van der Waals surface area (Å²) in [7, 11) is 0. The van der Waals surface area contributed by atoms with E-state index in [-0.39, 0.29) is 23.7 Å². The van der Waals surface area contributed by atoms with Crippen LogP contribution >= 0.6 is 0 Å². The predicted molar refractivity (Wildman–Crippen MR) is 75.8 cm³/mol. The number of nitrogens with one attached hydrogen (secondary N) is 1. The first kappa shape index (κ1) is 15.0. The molecule has 0 bridgehead atoms. The lowest BCUT2D eigenvalue weighted by Gasteiger charge is -2.41. The van der Waals surface area contributed by atoms with Crippen molar-refractivity contribution in [2.24, 2.45) is 5.41 Å². The Morgan fingerprint density at radius 3 is 2.55 bits per heavy atom. The number of benzene rings is 1. The average molecular weight is 279 g/mol. The fourth-order valence-corrected chi connectivity index (χ4v) is 2.54. The first-order valence-electron chi connectivity index (χ1n) is 7.05. The Morgan fingerprint density at radius 2 is 2.05 bits per heavy atom. The van der Waals surface area contributed by atoms with Crippen LogP contribution in [0.4, 0.5) is 4.39 Å². The molecule has 1 saturated carbocycles. The fourth-order valence-electron chi connectivity index (χ4n) is 2.54. The van der Waals surface area contributed by atoms with Crippen LogP contribution < -0.4 is 5.32 Å². The fraction of sp³-hybridized carbons (Fsp3) is 0.562. The molecule has 0 heterocycles. The minimum absolute atomic E-state index is 0.0000217. The minimum atomic E-state index is -0.725. The van der Waals surface area contributed by atoms with Crippen LogP contribution in [0.5, 0.6) is 0 Å². The summed E-state index contributed by atoms with van der Waals surface area (Å²) < 4.78 is 14.0. The van der Waals surface area contributed by atoms with Gasteiger partial charge in [-0.3, -0.25) is 4.79 Å². The van der Waals surface area contributed by atoms with Crippen LogP contribution in [0.1, 0.15) is 38.7 Å². The van der Waals surface area contributed by atoms with Crippen molar-refractivity contribution in [1.29, 1.82) is 0 Å². The summed E-state index contributed by atoms with van der Waals surface area (Å²) in [6.07, 6.45) is 2.30. The van der Waals surface area contributed by atoms with Crippen molar-refractivity contribution in [1.82, 2.24) is 5.32 Å². The number of carbonyl (C=O) groups is 1. The van der Waals surface area contributed by atoms with Crippen LogP contribution in [-0.2, 0) is 10.2 Å². The summed E-state index contributed by atoms with van der Waals surface area (Å²) in [5, 5.41) is 12.1. The zero-order chi connectivity index (χ0) is 14.8. The van der Waals surface area contributed by atoms with Crippen molar-refractivity contribution in [3.05, 3.63) is 35.6 Å². The molecular formula is C16H22FNO2. The first-order chi connectivity index (χ1) is 9.41.